The number of aromatic nitrogens is 1. The van der Waals surface area contributed by atoms with Crippen molar-refractivity contribution in [1.82, 2.24) is 14.7 Å². The first kappa shape index (κ1) is 19.8. The van der Waals surface area contributed by atoms with Crippen molar-refractivity contribution >= 4 is 33.7 Å². The molecule has 0 saturated heterocycles. The molecule has 138 valence electrons. The molecule has 8 nitrogen and oxygen atoms in total. The Bertz CT molecular complexity index is 904. The molecule has 0 radical (unpaired) electrons. The van der Waals surface area contributed by atoms with Gasteiger partial charge in [-0.05, 0) is 35.9 Å². The standard InChI is InChI=1S/C16H17ClN4O4S/c1-21(11-16(22)20-19-10-12-5-7-18-8-6-12)26(23,24)13-3-4-15(25-2)14(17)9-13/h3-10H,11H2,1-2H3,(H,20,22)/b19-10-. The van der Waals surface area contributed by atoms with Crippen LogP contribution in [-0.4, -0.2) is 50.5 Å². The van der Waals surface area contributed by atoms with E-state index >= 15 is 0 Å². The molecular weight excluding hydrogens is 380 g/mol. The zero-order chi connectivity index (χ0) is 19.2. The molecule has 1 aromatic carbocycles. The van der Waals surface area contributed by atoms with E-state index in [1.165, 1.54) is 38.6 Å². The second kappa shape index (κ2) is 8.75. The number of carbonyl (C=O) groups is 1. The quantitative estimate of drug-likeness (QED) is 0.564. The number of sulfonamides is 1. The lowest BCUT2D eigenvalue weighted by molar-refractivity contribution is -0.121. The fraction of sp³-hybridized carbons (Fsp3) is 0.188. The second-order valence-corrected chi connectivity index (χ2v) is 7.58. The molecule has 0 bridgehead atoms. The number of carbonyl (C=O) groups excluding carboxylic acids is 1. The lowest BCUT2D eigenvalue weighted by Crippen LogP contribution is -2.36. The minimum absolute atomic E-state index is 0.0427. The number of pyridine rings is 1. The first-order valence-electron chi connectivity index (χ1n) is 7.36. The highest BCUT2D eigenvalue weighted by molar-refractivity contribution is 7.89. The van der Waals surface area contributed by atoms with Crippen molar-refractivity contribution in [3.8, 4) is 5.75 Å². The van der Waals surface area contributed by atoms with Crippen molar-refractivity contribution in [1.29, 1.82) is 0 Å². The molecular formula is C16H17ClN4O4S. The van der Waals surface area contributed by atoms with E-state index in [0.717, 1.165) is 9.87 Å². The highest BCUT2D eigenvalue weighted by Crippen LogP contribution is 2.27. The monoisotopic (exact) mass is 396 g/mol. The Hall–Kier alpha value is -2.49. The maximum Gasteiger partial charge on any atom is 0.255 e. The number of likely N-dealkylation sites (N-methyl/N-ethyl adjacent to an activating group) is 1. The van der Waals surface area contributed by atoms with Gasteiger partial charge in [-0.25, -0.2) is 13.8 Å². The van der Waals surface area contributed by atoms with Crippen molar-refractivity contribution in [3.05, 3.63) is 53.3 Å². The Morgan fingerprint density at radius 2 is 2.04 bits per heavy atom. The van der Waals surface area contributed by atoms with Gasteiger partial charge in [0, 0.05) is 19.4 Å². The van der Waals surface area contributed by atoms with E-state index in [1.54, 1.807) is 24.5 Å². The molecule has 0 saturated carbocycles. The fourth-order valence-corrected chi connectivity index (χ4v) is 3.41. The maximum atomic E-state index is 12.5. The Balaban J connectivity index is 2.01. The van der Waals surface area contributed by atoms with Crippen LogP contribution in [0.3, 0.4) is 0 Å². The van der Waals surface area contributed by atoms with Gasteiger partial charge in [0.2, 0.25) is 10.0 Å². The van der Waals surface area contributed by atoms with Crippen molar-refractivity contribution in [2.45, 2.75) is 4.90 Å². The number of nitrogens with one attached hydrogen (secondary N) is 1. The van der Waals surface area contributed by atoms with Gasteiger partial charge in [0.25, 0.3) is 5.91 Å². The van der Waals surface area contributed by atoms with E-state index in [-0.39, 0.29) is 9.92 Å². The summed E-state index contributed by atoms with van der Waals surface area (Å²) in [5.74, 6) is -0.225. The van der Waals surface area contributed by atoms with Crippen LogP contribution < -0.4 is 10.2 Å². The number of benzene rings is 1. The van der Waals surface area contributed by atoms with E-state index in [0.29, 0.717) is 5.75 Å². The maximum absolute atomic E-state index is 12.5. The number of hydrogen-bond donors (Lipinski definition) is 1. The van der Waals surface area contributed by atoms with Crippen LogP contribution >= 0.6 is 11.6 Å². The van der Waals surface area contributed by atoms with Crippen LogP contribution in [0.15, 0.2) is 52.7 Å². The predicted octanol–water partition coefficient (Wildman–Crippen LogP) is 1.51. The number of methoxy groups -OCH3 is 1. The molecule has 1 N–H and O–H groups in total. The molecule has 2 rings (SSSR count). The number of rotatable bonds is 7. The van der Waals surface area contributed by atoms with Gasteiger partial charge in [0.15, 0.2) is 0 Å². The minimum atomic E-state index is -3.89. The SMILES string of the molecule is COc1ccc(S(=O)(=O)N(C)CC(=O)N/N=C\c2ccncc2)cc1Cl. The smallest absolute Gasteiger partial charge is 0.255 e. The lowest BCUT2D eigenvalue weighted by Gasteiger charge is -2.16. The second-order valence-electron chi connectivity index (χ2n) is 5.13. The van der Waals surface area contributed by atoms with Gasteiger partial charge < -0.3 is 4.74 Å². The third-order valence-electron chi connectivity index (χ3n) is 3.31. The Morgan fingerprint density at radius 3 is 2.65 bits per heavy atom. The lowest BCUT2D eigenvalue weighted by atomic mass is 10.3. The Kier molecular flexibility index (Phi) is 6.67. The molecule has 0 aliphatic heterocycles. The highest BCUT2D eigenvalue weighted by atomic mass is 35.5. The van der Waals surface area contributed by atoms with E-state index in [4.69, 9.17) is 16.3 Å². The van der Waals surface area contributed by atoms with E-state index in [1.807, 2.05) is 0 Å². The summed E-state index contributed by atoms with van der Waals surface area (Å²) in [4.78, 5) is 15.7. The zero-order valence-corrected chi connectivity index (χ0v) is 15.7. The van der Waals surface area contributed by atoms with Gasteiger partial charge in [0.05, 0.1) is 29.8 Å². The number of amides is 1. The van der Waals surface area contributed by atoms with Gasteiger partial charge in [-0.1, -0.05) is 11.6 Å². The first-order chi connectivity index (χ1) is 12.3. The largest absolute Gasteiger partial charge is 0.495 e. The van der Waals surface area contributed by atoms with Gasteiger partial charge in [-0.15, -0.1) is 0 Å². The third-order valence-corrected chi connectivity index (χ3v) is 5.40. The Labute approximate surface area is 156 Å². The number of nitrogens with zero attached hydrogens (tertiary/aromatic N) is 3. The molecule has 0 aliphatic rings. The van der Waals surface area contributed by atoms with E-state index < -0.39 is 22.5 Å². The van der Waals surface area contributed by atoms with Crippen LogP contribution in [0.1, 0.15) is 5.56 Å². The van der Waals surface area contributed by atoms with Gasteiger partial charge in [-0.3, -0.25) is 9.78 Å². The summed E-state index contributed by atoms with van der Waals surface area (Å²) < 4.78 is 30.9. The van der Waals surface area contributed by atoms with Crippen LogP contribution in [0.5, 0.6) is 5.75 Å². The third kappa shape index (κ3) is 5.01. The summed E-state index contributed by atoms with van der Waals surface area (Å²) in [5, 5.41) is 3.94. The van der Waals surface area contributed by atoms with E-state index in [2.05, 4.69) is 15.5 Å². The fourth-order valence-electron chi connectivity index (χ4n) is 1.94. The van der Waals surface area contributed by atoms with Crippen molar-refractivity contribution in [3.63, 3.8) is 0 Å². The molecule has 26 heavy (non-hydrogen) atoms. The molecule has 0 atom stereocenters. The van der Waals surface area contributed by atoms with Crippen molar-refractivity contribution in [2.24, 2.45) is 5.10 Å². The molecule has 2 aromatic rings. The first-order valence-corrected chi connectivity index (χ1v) is 9.18. The van der Waals surface area contributed by atoms with E-state index in [9.17, 15) is 13.2 Å². The van der Waals surface area contributed by atoms with Gasteiger partial charge in [0.1, 0.15) is 5.75 Å². The highest BCUT2D eigenvalue weighted by Gasteiger charge is 2.23. The van der Waals surface area contributed by atoms with Gasteiger partial charge in [-0.2, -0.15) is 9.41 Å². The molecule has 1 aromatic heterocycles. The topological polar surface area (TPSA) is 101 Å². The molecule has 1 heterocycles. The van der Waals surface area contributed by atoms with Crippen LogP contribution in [0, 0.1) is 0 Å². The molecule has 0 aliphatic carbocycles. The Morgan fingerprint density at radius 1 is 1.35 bits per heavy atom. The number of hydrazone groups is 1. The molecule has 0 fully saturated rings. The molecule has 0 unspecified atom stereocenters. The normalized spacial score (nSPS) is 11.7. The molecule has 10 heteroatoms. The predicted molar refractivity (Wildman–Crippen MR) is 97.8 cm³/mol. The van der Waals surface area contributed by atoms with Crippen molar-refractivity contribution in [2.75, 3.05) is 20.7 Å². The summed E-state index contributed by atoms with van der Waals surface area (Å²) in [6, 6.07) is 7.49. The van der Waals surface area contributed by atoms with Crippen LogP contribution in [0.25, 0.3) is 0 Å². The number of ether oxygens (including phenoxy) is 1. The number of hydrogen-bond acceptors (Lipinski definition) is 6. The van der Waals surface area contributed by atoms with Gasteiger partial charge >= 0.3 is 0 Å². The van der Waals surface area contributed by atoms with Crippen LogP contribution in [-0.2, 0) is 14.8 Å². The summed E-state index contributed by atoms with van der Waals surface area (Å²) >= 11 is 5.96. The average Bonchev–Trinajstić information content (AvgIpc) is 2.62. The summed E-state index contributed by atoms with van der Waals surface area (Å²) in [6.45, 7) is -0.403. The number of halogens is 1. The average molecular weight is 397 g/mol. The van der Waals surface area contributed by atoms with Crippen LogP contribution in [0.2, 0.25) is 5.02 Å². The summed E-state index contributed by atoms with van der Waals surface area (Å²) in [6.07, 6.45) is 4.60. The molecule has 1 amide bonds. The van der Waals surface area contributed by atoms with Crippen LogP contribution in [0.4, 0.5) is 0 Å². The zero-order valence-electron chi connectivity index (χ0n) is 14.1. The summed E-state index contributed by atoms with van der Waals surface area (Å²) in [5.41, 5.74) is 3.02. The minimum Gasteiger partial charge on any atom is -0.495 e. The molecule has 0 spiro atoms. The summed E-state index contributed by atoms with van der Waals surface area (Å²) in [7, 11) is -1.17. The van der Waals surface area contributed by atoms with Crippen molar-refractivity contribution < 1.29 is 17.9 Å².